The standard InChI is InChI=1S/C21H22N4O4S/c1-3-29-17-9-7-14(8-10-17)12-22-19(26)15-5-4-6-16(11-15)23-20(27)21-25-24-18(30-21)13-28-2/h4-11H,3,12-13H2,1-2H3,(H,22,26)(H,23,27). The number of nitrogens with one attached hydrogen (secondary N) is 2. The number of carbonyl (C=O) groups excluding carboxylic acids is 2. The zero-order valence-corrected chi connectivity index (χ0v) is 17.5. The van der Waals surface area contributed by atoms with Crippen LogP contribution in [-0.4, -0.2) is 35.7 Å². The van der Waals surface area contributed by atoms with Gasteiger partial charge in [-0.15, -0.1) is 10.2 Å². The number of methoxy groups -OCH3 is 1. The highest BCUT2D eigenvalue weighted by Crippen LogP contribution is 2.16. The van der Waals surface area contributed by atoms with E-state index < -0.39 is 0 Å². The first-order valence-corrected chi connectivity index (χ1v) is 10.1. The van der Waals surface area contributed by atoms with Crippen molar-refractivity contribution < 1.29 is 19.1 Å². The Labute approximate surface area is 178 Å². The Balaban J connectivity index is 1.58. The van der Waals surface area contributed by atoms with Gasteiger partial charge in [0.1, 0.15) is 10.8 Å². The number of aromatic nitrogens is 2. The Morgan fingerprint density at radius 1 is 1.07 bits per heavy atom. The van der Waals surface area contributed by atoms with E-state index in [0.717, 1.165) is 22.6 Å². The van der Waals surface area contributed by atoms with E-state index in [1.807, 2.05) is 31.2 Å². The molecule has 30 heavy (non-hydrogen) atoms. The normalized spacial score (nSPS) is 10.5. The van der Waals surface area contributed by atoms with Gasteiger partial charge in [-0.3, -0.25) is 9.59 Å². The average molecular weight is 426 g/mol. The summed E-state index contributed by atoms with van der Waals surface area (Å²) in [6.07, 6.45) is 0. The number of ether oxygens (including phenoxy) is 2. The van der Waals surface area contributed by atoms with Crippen LogP contribution in [0.4, 0.5) is 5.69 Å². The molecular formula is C21H22N4O4S. The van der Waals surface area contributed by atoms with Crippen LogP contribution in [0.5, 0.6) is 5.75 Å². The zero-order chi connectivity index (χ0) is 21.3. The molecule has 0 aliphatic carbocycles. The van der Waals surface area contributed by atoms with Gasteiger partial charge in [0, 0.05) is 24.9 Å². The monoisotopic (exact) mass is 426 g/mol. The van der Waals surface area contributed by atoms with E-state index >= 15 is 0 Å². The highest BCUT2D eigenvalue weighted by molar-refractivity contribution is 7.13. The molecule has 1 aromatic heterocycles. The van der Waals surface area contributed by atoms with Crippen molar-refractivity contribution in [3.63, 3.8) is 0 Å². The van der Waals surface area contributed by atoms with E-state index in [2.05, 4.69) is 20.8 Å². The second kappa shape index (κ2) is 10.5. The Kier molecular flexibility index (Phi) is 7.47. The van der Waals surface area contributed by atoms with Crippen LogP contribution in [0.3, 0.4) is 0 Å². The molecule has 0 aliphatic rings. The summed E-state index contributed by atoms with van der Waals surface area (Å²) in [5, 5.41) is 14.2. The minimum Gasteiger partial charge on any atom is -0.494 e. The van der Waals surface area contributed by atoms with Gasteiger partial charge in [-0.05, 0) is 42.8 Å². The number of hydrogen-bond donors (Lipinski definition) is 2. The predicted octanol–water partition coefficient (Wildman–Crippen LogP) is 3.27. The Hall–Kier alpha value is -3.30. The molecule has 0 spiro atoms. The molecule has 0 radical (unpaired) electrons. The van der Waals surface area contributed by atoms with Crippen LogP contribution in [0.2, 0.25) is 0 Å². The Morgan fingerprint density at radius 3 is 2.60 bits per heavy atom. The summed E-state index contributed by atoms with van der Waals surface area (Å²) >= 11 is 1.16. The first-order valence-electron chi connectivity index (χ1n) is 9.31. The van der Waals surface area contributed by atoms with E-state index in [1.165, 1.54) is 0 Å². The van der Waals surface area contributed by atoms with Gasteiger partial charge in [0.15, 0.2) is 0 Å². The summed E-state index contributed by atoms with van der Waals surface area (Å²) < 4.78 is 10.4. The molecule has 156 valence electrons. The highest BCUT2D eigenvalue weighted by atomic mass is 32.1. The molecule has 0 saturated carbocycles. The van der Waals surface area contributed by atoms with Gasteiger partial charge < -0.3 is 20.1 Å². The number of nitrogens with zero attached hydrogens (tertiary/aromatic N) is 2. The molecule has 2 N–H and O–H groups in total. The second-order valence-corrected chi connectivity index (χ2v) is 7.29. The third-order valence-corrected chi connectivity index (χ3v) is 4.89. The molecule has 0 aliphatic heterocycles. The fourth-order valence-corrected chi connectivity index (χ4v) is 3.31. The van der Waals surface area contributed by atoms with Crippen molar-refractivity contribution in [3.05, 3.63) is 69.7 Å². The first-order chi connectivity index (χ1) is 14.6. The van der Waals surface area contributed by atoms with Gasteiger partial charge in [0.25, 0.3) is 11.8 Å². The maximum atomic E-state index is 12.5. The lowest BCUT2D eigenvalue weighted by Gasteiger charge is -2.09. The molecule has 0 unspecified atom stereocenters. The number of amides is 2. The molecule has 9 heteroatoms. The molecule has 3 aromatic rings. The Bertz CT molecular complexity index is 1000. The molecule has 8 nitrogen and oxygen atoms in total. The lowest BCUT2D eigenvalue weighted by molar-refractivity contribution is 0.0949. The van der Waals surface area contributed by atoms with Crippen molar-refractivity contribution >= 4 is 28.8 Å². The lowest BCUT2D eigenvalue weighted by Crippen LogP contribution is -2.23. The number of anilines is 1. The van der Waals surface area contributed by atoms with Gasteiger partial charge in [-0.1, -0.05) is 29.5 Å². The summed E-state index contributed by atoms with van der Waals surface area (Å²) in [5.41, 5.74) is 1.90. The number of carbonyl (C=O) groups is 2. The SMILES string of the molecule is CCOc1ccc(CNC(=O)c2cccc(NC(=O)c3nnc(COC)s3)c2)cc1. The maximum absolute atomic E-state index is 12.5. The van der Waals surface area contributed by atoms with Crippen molar-refractivity contribution in [1.29, 1.82) is 0 Å². The molecule has 0 saturated heterocycles. The van der Waals surface area contributed by atoms with Crippen LogP contribution in [0.25, 0.3) is 0 Å². The average Bonchev–Trinajstić information content (AvgIpc) is 3.23. The van der Waals surface area contributed by atoms with Crippen LogP contribution in [-0.2, 0) is 17.9 Å². The van der Waals surface area contributed by atoms with Crippen molar-refractivity contribution in [2.45, 2.75) is 20.1 Å². The quantitative estimate of drug-likeness (QED) is 0.544. The first kappa shape index (κ1) is 21.4. The van der Waals surface area contributed by atoms with E-state index in [0.29, 0.717) is 36.0 Å². The smallest absolute Gasteiger partial charge is 0.286 e. The highest BCUT2D eigenvalue weighted by Gasteiger charge is 2.14. The van der Waals surface area contributed by atoms with E-state index in [4.69, 9.17) is 9.47 Å². The summed E-state index contributed by atoms with van der Waals surface area (Å²) in [6, 6.07) is 14.3. The molecule has 2 amide bonds. The van der Waals surface area contributed by atoms with Gasteiger partial charge in [0.05, 0.1) is 13.2 Å². The second-order valence-electron chi connectivity index (χ2n) is 6.23. The van der Waals surface area contributed by atoms with Crippen LogP contribution in [0.1, 0.15) is 37.7 Å². The molecule has 3 rings (SSSR count). The summed E-state index contributed by atoms with van der Waals surface area (Å²) in [6.45, 7) is 3.22. The van der Waals surface area contributed by atoms with Gasteiger partial charge >= 0.3 is 0 Å². The van der Waals surface area contributed by atoms with Crippen LogP contribution in [0.15, 0.2) is 48.5 Å². The molecule has 2 aromatic carbocycles. The fraction of sp³-hybridized carbons (Fsp3) is 0.238. The fourth-order valence-electron chi connectivity index (χ4n) is 2.60. The topological polar surface area (TPSA) is 102 Å². The third kappa shape index (κ3) is 5.85. The molecule has 0 bridgehead atoms. The molecule has 0 atom stereocenters. The zero-order valence-electron chi connectivity index (χ0n) is 16.7. The lowest BCUT2D eigenvalue weighted by atomic mass is 10.1. The molecular weight excluding hydrogens is 404 g/mol. The molecule has 0 fully saturated rings. The summed E-state index contributed by atoms with van der Waals surface area (Å²) in [4.78, 5) is 24.8. The van der Waals surface area contributed by atoms with E-state index in [9.17, 15) is 9.59 Å². The minimum absolute atomic E-state index is 0.229. The number of rotatable bonds is 9. The van der Waals surface area contributed by atoms with Crippen molar-refractivity contribution in [1.82, 2.24) is 15.5 Å². The minimum atomic E-state index is -0.387. The largest absolute Gasteiger partial charge is 0.494 e. The van der Waals surface area contributed by atoms with Crippen LogP contribution in [0, 0.1) is 0 Å². The number of benzene rings is 2. The number of hydrogen-bond acceptors (Lipinski definition) is 7. The van der Waals surface area contributed by atoms with E-state index in [1.54, 1.807) is 31.4 Å². The summed E-state index contributed by atoms with van der Waals surface area (Å²) in [7, 11) is 1.55. The predicted molar refractivity (Wildman–Crippen MR) is 114 cm³/mol. The van der Waals surface area contributed by atoms with Gasteiger partial charge in [0.2, 0.25) is 5.01 Å². The van der Waals surface area contributed by atoms with Crippen molar-refractivity contribution in [2.75, 3.05) is 19.0 Å². The summed E-state index contributed by atoms with van der Waals surface area (Å²) in [5.74, 6) is 0.167. The molecule has 1 heterocycles. The van der Waals surface area contributed by atoms with E-state index in [-0.39, 0.29) is 16.8 Å². The van der Waals surface area contributed by atoms with Gasteiger partial charge in [-0.25, -0.2) is 0 Å². The third-order valence-electron chi connectivity index (χ3n) is 4.00. The van der Waals surface area contributed by atoms with Crippen molar-refractivity contribution in [3.8, 4) is 5.75 Å². The van der Waals surface area contributed by atoms with Crippen LogP contribution >= 0.6 is 11.3 Å². The van der Waals surface area contributed by atoms with Crippen molar-refractivity contribution in [2.24, 2.45) is 0 Å². The van der Waals surface area contributed by atoms with Crippen LogP contribution < -0.4 is 15.4 Å². The Morgan fingerprint density at radius 2 is 1.87 bits per heavy atom. The maximum Gasteiger partial charge on any atom is 0.286 e. The van der Waals surface area contributed by atoms with Gasteiger partial charge in [-0.2, -0.15) is 0 Å².